The third kappa shape index (κ3) is 6.18. The zero-order chi connectivity index (χ0) is 22.8. The number of fused-ring (bicyclic) bond motifs is 1. The van der Waals surface area contributed by atoms with E-state index in [-0.39, 0.29) is 28.8 Å². The number of nitrogens with zero attached hydrogens (tertiary/aromatic N) is 3. The van der Waals surface area contributed by atoms with E-state index in [1.54, 1.807) is 19.1 Å². The quantitative estimate of drug-likeness (QED) is 0.186. The Kier molecular flexibility index (Phi) is 6.56. The van der Waals surface area contributed by atoms with Crippen molar-refractivity contribution in [2.24, 2.45) is 10.2 Å². The van der Waals surface area contributed by atoms with Crippen LogP contribution in [0.2, 0.25) is 0 Å². The van der Waals surface area contributed by atoms with E-state index in [0.29, 0.717) is 27.2 Å². The van der Waals surface area contributed by atoms with Gasteiger partial charge in [-0.2, -0.15) is 16.8 Å². The molecule has 2 aromatic carbocycles. The highest BCUT2D eigenvalue weighted by Gasteiger charge is 2.13. The largest absolute Gasteiger partial charge is 0.491 e. The van der Waals surface area contributed by atoms with Gasteiger partial charge < -0.3 is 10.5 Å². The molecule has 0 fully saturated rings. The van der Waals surface area contributed by atoms with Crippen LogP contribution in [0.25, 0.3) is 10.2 Å². The molecule has 0 spiro atoms. The van der Waals surface area contributed by atoms with Gasteiger partial charge in [0.05, 0.1) is 38.8 Å². The minimum Gasteiger partial charge on any atom is -0.491 e. The summed E-state index contributed by atoms with van der Waals surface area (Å²) in [4.78, 5) is 4.01. The highest BCUT2D eigenvalue weighted by molar-refractivity contribution is 7.86. The molecule has 3 aromatic rings. The van der Waals surface area contributed by atoms with Gasteiger partial charge in [-0.25, -0.2) is 4.98 Å². The Hall–Kier alpha value is -2.65. The predicted octanol–water partition coefficient (Wildman–Crippen LogP) is 3.51. The molecule has 0 aliphatic rings. The normalized spacial score (nSPS) is 12.6. The number of hydrogen-bond donors (Lipinski definition) is 3. The van der Waals surface area contributed by atoms with Crippen molar-refractivity contribution in [2.75, 3.05) is 18.1 Å². The average Bonchev–Trinajstić information content (AvgIpc) is 3.06. The Labute approximate surface area is 182 Å². The fraction of sp³-hybridized carbons (Fsp3) is 0.235. The van der Waals surface area contributed by atoms with Crippen molar-refractivity contribution in [1.82, 2.24) is 4.98 Å². The molecule has 0 atom stereocenters. The molecule has 31 heavy (non-hydrogen) atoms. The topological polar surface area (TPSA) is 182 Å². The Morgan fingerprint density at radius 1 is 1.13 bits per heavy atom. The molecule has 1 heterocycles. The molecule has 3 rings (SSSR count). The number of nitrogens with two attached hydrogens (primary N) is 1. The summed E-state index contributed by atoms with van der Waals surface area (Å²) in [5, 5.41) is 8.50. The molecular weight excluding hydrogens is 468 g/mol. The number of aryl methyl sites for hydroxylation is 1. The summed E-state index contributed by atoms with van der Waals surface area (Å²) in [7, 11) is -8.38. The zero-order valence-corrected chi connectivity index (χ0v) is 18.5. The first-order valence-corrected chi connectivity index (χ1v) is 12.6. The lowest BCUT2D eigenvalue weighted by molar-refractivity contribution is 0.318. The molecule has 0 saturated heterocycles. The molecule has 4 N–H and O–H groups in total. The second-order valence-electron chi connectivity index (χ2n) is 6.47. The van der Waals surface area contributed by atoms with Crippen molar-refractivity contribution in [2.45, 2.75) is 18.2 Å². The first-order valence-electron chi connectivity index (χ1n) is 8.70. The van der Waals surface area contributed by atoms with Crippen LogP contribution in [0.1, 0.15) is 12.0 Å². The molecule has 0 unspecified atom stereocenters. The van der Waals surface area contributed by atoms with Crippen LogP contribution in [0.4, 0.5) is 16.5 Å². The standard InChI is InChI=1S/C17H18N4O7S3/c1-10-7-12(18)15(28-5-2-6-30(22,23)24)9-14(10)20-21-17-19-13-4-3-11(31(25,26)27)8-16(13)29-17/h3-4,7-9H,2,5-6,18H2,1H3,(H,22,23,24)(H,25,26,27). The summed E-state index contributed by atoms with van der Waals surface area (Å²) >= 11 is 1.10. The van der Waals surface area contributed by atoms with Gasteiger partial charge in [0.2, 0.25) is 5.13 Å². The van der Waals surface area contributed by atoms with Gasteiger partial charge in [0, 0.05) is 6.07 Å². The maximum absolute atomic E-state index is 11.3. The van der Waals surface area contributed by atoms with Crippen molar-refractivity contribution >= 4 is 58.3 Å². The van der Waals surface area contributed by atoms with Crippen molar-refractivity contribution in [3.05, 3.63) is 35.9 Å². The molecule has 0 bridgehead atoms. The highest BCUT2D eigenvalue weighted by atomic mass is 32.2. The second-order valence-corrected chi connectivity index (χ2v) is 10.5. The monoisotopic (exact) mass is 486 g/mol. The number of nitrogen functional groups attached to an aromatic ring is 1. The summed E-state index contributed by atoms with van der Waals surface area (Å²) in [5.41, 5.74) is 7.91. The summed E-state index contributed by atoms with van der Waals surface area (Å²) in [6.07, 6.45) is 0.0836. The van der Waals surface area contributed by atoms with Gasteiger partial charge in [-0.05, 0) is 43.2 Å². The van der Waals surface area contributed by atoms with Crippen molar-refractivity contribution in [3.63, 3.8) is 0 Å². The molecule has 0 radical (unpaired) electrons. The number of rotatable bonds is 8. The molecule has 0 amide bonds. The molecule has 14 heteroatoms. The van der Waals surface area contributed by atoms with Gasteiger partial charge in [-0.15, -0.1) is 10.2 Å². The first-order chi connectivity index (χ1) is 14.4. The van der Waals surface area contributed by atoms with Crippen LogP contribution in [-0.2, 0) is 20.2 Å². The fourth-order valence-electron chi connectivity index (χ4n) is 2.55. The maximum atomic E-state index is 11.3. The lowest BCUT2D eigenvalue weighted by Gasteiger charge is -2.10. The van der Waals surface area contributed by atoms with Crippen LogP contribution < -0.4 is 10.5 Å². The molecule has 11 nitrogen and oxygen atoms in total. The molecule has 0 aliphatic heterocycles. The minimum atomic E-state index is -4.32. The SMILES string of the molecule is Cc1cc(N)c(OCCCS(=O)(=O)O)cc1N=Nc1nc2ccc(S(=O)(=O)O)cc2s1. The summed E-state index contributed by atoms with van der Waals surface area (Å²) < 4.78 is 68.0. The lowest BCUT2D eigenvalue weighted by Crippen LogP contribution is -2.09. The number of hydrogen-bond acceptors (Lipinski definition) is 10. The summed E-state index contributed by atoms with van der Waals surface area (Å²) in [6, 6.07) is 7.18. The fourth-order valence-corrected chi connectivity index (χ4v) is 4.44. The van der Waals surface area contributed by atoms with Crippen molar-refractivity contribution < 1.29 is 30.7 Å². The Balaban J connectivity index is 1.79. The van der Waals surface area contributed by atoms with E-state index < -0.39 is 26.0 Å². The third-order valence-corrected chi connectivity index (χ3v) is 6.58. The van der Waals surface area contributed by atoms with Crippen molar-refractivity contribution in [3.8, 4) is 5.75 Å². The lowest BCUT2D eigenvalue weighted by atomic mass is 10.1. The molecule has 0 saturated carbocycles. The van der Waals surface area contributed by atoms with E-state index in [4.69, 9.17) is 19.6 Å². The highest BCUT2D eigenvalue weighted by Crippen LogP contribution is 2.34. The third-order valence-electron chi connectivity index (χ3n) is 4.02. The molecule has 0 aliphatic carbocycles. The molecule has 166 valence electrons. The van der Waals surface area contributed by atoms with Gasteiger partial charge in [-0.3, -0.25) is 9.11 Å². The zero-order valence-electron chi connectivity index (χ0n) is 16.1. The summed E-state index contributed by atoms with van der Waals surface area (Å²) in [6.45, 7) is 1.79. The molecular formula is C17H18N4O7S3. The van der Waals surface area contributed by atoms with E-state index in [9.17, 15) is 16.8 Å². The van der Waals surface area contributed by atoms with E-state index in [0.717, 1.165) is 11.3 Å². The average molecular weight is 487 g/mol. The van der Waals surface area contributed by atoms with Crippen LogP contribution in [0.15, 0.2) is 45.5 Å². The van der Waals surface area contributed by atoms with Crippen LogP contribution in [-0.4, -0.2) is 43.3 Å². The number of azo groups is 1. The van der Waals surface area contributed by atoms with Crippen LogP contribution >= 0.6 is 11.3 Å². The smallest absolute Gasteiger partial charge is 0.294 e. The van der Waals surface area contributed by atoms with Gasteiger partial charge in [0.1, 0.15) is 5.75 Å². The summed E-state index contributed by atoms with van der Waals surface area (Å²) in [5.74, 6) is -0.139. The number of aromatic nitrogens is 1. The number of thiazole rings is 1. The van der Waals surface area contributed by atoms with E-state index >= 15 is 0 Å². The number of benzene rings is 2. The van der Waals surface area contributed by atoms with Gasteiger partial charge in [0.15, 0.2) is 0 Å². The van der Waals surface area contributed by atoms with Crippen LogP contribution in [0, 0.1) is 6.92 Å². The van der Waals surface area contributed by atoms with E-state index in [1.807, 2.05) is 0 Å². The Morgan fingerprint density at radius 2 is 1.87 bits per heavy atom. The predicted molar refractivity (Wildman–Crippen MR) is 116 cm³/mol. The number of ether oxygens (including phenoxy) is 1. The number of anilines is 1. The van der Waals surface area contributed by atoms with Gasteiger partial charge >= 0.3 is 0 Å². The Bertz CT molecular complexity index is 1370. The van der Waals surface area contributed by atoms with Crippen molar-refractivity contribution in [1.29, 1.82) is 0 Å². The maximum Gasteiger partial charge on any atom is 0.294 e. The van der Waals surface area contributed by atoms with Crippen LogP contribution in [0.3, 0.4) is 0 Å². The van der Waals surface area contributed by atoms with Gasteiger partial charge in [-0.1, -0.05) is 11.3 Å². The minimum absolute atomic E-state index is 0.0254. The Morgan fingerprint density at radius 3 is 2.55 bits per heavy atom. The first kappa shape index (κ1) is 23.0. The second kappa shape index (κ2) is 8.84. The van der Waals surface area contributed by atoms with Crippen LogP contribution in [0.5, 0.6) is 5.75 Å². The van der Waals surface area contributed by atoms with Gasteiger partial charge in [0.25, 0.3) is 20.2 Å². The van der Waals surface area contributed by atoms with E-state index in [1.165, 1.54) is 18.2 Å². The van der Waals surface area contributed by atoms with E-state index in [2.05, 4.69) is 15.2 Å². The molecule has 1 aromatic heterocycles.